The number of halogens is 1. The van der Waals surface area contributed by atoms with Crippen LogP contribution in [-0.2, 0) is 4.79 Å². The molecule has 0 spiro atoms. The first-order chi connectivity index (χ1) is 10.1. The van der Waals surface area contributed by atoms with Gasteiger partial charge in [-0.05, 0) is 18.9 Å². The van der Waals surface area contributed by atoms with Crippen molar-refractivity contribution in [3.05, 3.63) is 29.0 Å². The highest BCUT2D eigenvalue weighted by atomic mass is 35.5. The average Bonchev–Trinajstić information content (AvgIpc) is 2.52. The zero-order chi connectivity index (χ0) is 15.2. The van der Waals surface area contributed by atoms with Gasteiger partial charge in [-0.2, -0.15) is 0 Å². The van der Waals surface area contributed by atoms with E-state index in [1.807, 2.05) is 0 Å². The van der Waals surface area contributed by atoms with Crippen molar-refractivity contribution >= 4 is 23.4 Å². The maximum absolute atomic E-state index is 12.5. The van der Waals surface area contributed by atoms with E-state index in [1.165, 1.54) is 12.4 Å². The van der Waals surface area contributed by atoms with Crippen molar-refractivity contribution in [3.63, 3.8) is 0 Å². The highest BCUT2D eigenvalue weighted by molar-refractivity contribution is 6.33. The van der Waals surface area contributed by atoms with Crippen LogP contribution in [0.15, 0.2) is 18.5 Å². The smallest absolute Gasteiger partial charge is 0.255 e. The van der Waals surface area contributed by atoms with Gasteiger partial charge in [-0.15, -0.1) is 0 Å². The maximum atomic E-state index is 12.5. The van der Waals surface area contributed by atoms with Gasteiger partial charge in [0.1, 0.15) is 0 Å². The molecule has 3 N–H and O–H groups in total. The summed E-state index contributed by atoms with van der Waals surface area (Å²) < 4.78 is 0. The molecule has 1 unspecified atom stereocenters. The van der Waals surface area contributed by atoms with Crippen molar-refractivity contribution in [1.29, 1.82) is 0 Å². The molecule has 1 aliphatic rings. The largest absolute Gasteiger partial charge is 0.355 e. The molecule has 0 aromatic carbocycles. The molecule has 2 heterocycles. The second-order valence-corrected chi connectivity index (χ2v) is 5.43. The van der Waals surface area contributed by atoms with Crippen LogP contribution in [0.25, 0.3) is 0 Å². The molecule has 1 aromatic rings. The van der Waals surface area contributed by atoms with Crippen LogP contribution in [0, 0.1) is 5.92 Å². The zero-order valence-corrected chi connectivity index (χ0v) is 12.5. The number of piperidine rings is 1. The second-order valence-electron chi connectivity index (χ2n) is 5.03. The van der Waals surface area contributed by atoms with Crippen LogP contribution in [-0.4, -0.2) is 47.9 Å². The molecule has 1 aliphatic heterocycles. The van der Waals surface area contributed by atoms with E-state index in [-0.39, 0.29) is 17.7 Å². The number of amides is 2. The number of hydrogen-bond donors (Lipinski definition) is 2. The lowest BCUT2D eigenvalue weighted by atomic mass is 9.96. The van der Waals surface area contributed by atoms with Gasteiger partial charge in [0.05, 0.1) is 16.5 Å². The summed E-state index contributed by atoms with van der Waals surface area (Å²) in [5.74, 6) is -0.382. The van der Waals surface area contributed by atoms with Gasteiger partial charge in [-0.25, -0.2) is 0 Å². The van der Waals surface area contributed by atoms with Crippen LogP contribution in [0.4, 0.5) is 0 Å². The number of nitrogens with two attached hydrogens (primary N) is 1. The minimum absolute atomic E-state index is 0.0428. The Balaban J connectivity index is 2.02. The molecule has 1 atom stereocenters. The summed E-state index contributed by atoms with van der Waals surface area (Å²) in [5, 5.41) is 3.11. The van der Waals surface area contributed by atoms with E-state index < -0.39 is 0 Å². The molecule has 2 amide bonds. The number of rotatable bonds is 4. The van der Waals surface area contributed by atoms with Crippen LogP contribution in [0.3, 0.4) is 0 Å². The van der Waals surface area contributed by atoms with Crippen molar-refractivity contribution in [2.75, 3.05) is 26.2 Å². The highest BCUT2D eigenvalue weighted by Gasteiger charge is 2.29. The van der Waals surface area contributed by atoms with E-state index in [1.54, 1.807) is 11.0 Å². The van der Waals surface area contributed by atoms with Gasteiger partial charge in [0.25, 0.3) is 5.91 Å². The van der Waals surface area contributed by atoms with Gasteiger partial charge in [-0.3, -0.25) is 14.6 Å². The van der Waals surface area contributed by atoms with Crippen LogP contribution in [0.5, 0.6) is 0 Å². The molecule has 1 fully saturated rings. The molecule has 7 heteroatoms. The first-order valence-corrected chi connectivity index (χ1v) is 7.38. The molecule has 1 saturated heterocycles. The van der Waals surface area contributed by atoms with E-state index >= 15 is 0 Å². The number of likely N-dealkylation sites (tertiary alicyclic amines) is 1. The molecule has 6 nitrogen and oxygen atoms in total. The number of hydrogen-bond acceptors (Lipinski definition) is 4. The third-order valence-electron chi connectivity index (χ3n) is 3.53. The van der Waals surface area contributed by atoms with Gasteiger partial charge in [0, 0.05) is 38.6 Å². The topological polar surface area (TPSA) is 88.3 Å². The minimum Gasteiger partial charge on any atom is -0.355 e. The van der Waals surface area contributed by atoms with Crippen molar-refractivity contribution < 1.29 is 9.59 Å². The van der Waals surface area contributed by atoms with Crippen LogP contribution in [0.2, 0.25) is 5.02 Å². The van der Waals surface area contributed by atoms with Crippen molar-refractivity contribution in [2.45, 2.75) is 12.8 Å². The molecular weight excluding hydrogens is 292 g/mol. The molecule has 1 aromatic heterocycles. The van der Waals surface area contributed by atoms with Gasteiger partial charge < -0.3 is 16.0 Å². The number of nitrogens with zero attached hydrogens (tertiary/aromatic N) is 2. The standard InChI is InChI=1S/C14H19ClN4O2/c15-12-8-17-5-3-11(12)14(21)19-7-1-2-10(9-19)13(20)18-6-4-16/h3,5,8,10H,1-2,4,6-7,9,16H2,(H,18,20). The predicted molar refractivity (Wildman–Crippen MR) is 79.9 cm³/mol. The molecule has 114 valence electrons. The summed E-state index contributed by atoms with van der Waals surface area (Å²) in [7, 11) is 0. The first kappa shape index (κ1) is 15.7. The van der Waals surface area contributed by atoms with Crippen molar-refractivity contribution in [2.24, 2.45) is 11.7 Å². The second kappa shape index (κ2) is 7.38. The van der Waals surface area contributed by atoms with Gasteiger partial charge in [-0.1, -0.05) is 11.6 Å². The molecule has 0 bridgehead atoms. The monoisotopic (exact) mass is 310 g/mol. The number of aromatic nitrogens is 1. The molecular formula is C14H19ClN4O2. The van der Waals surface area contributed by atoms with E-state index in [0.29, 0.717) is 36.8 Å². The Morgan fingerprint density at radius 1 is 1.52 bits per heavy atom. The third kappa shape index (κ3) is 3.92. The summed E-state index contributed by atoms with van der Waals surface area (Å²) in [4.78, 5) is 30.0. The Labute approximate surface area is 128 Å². The lowest BCUT2D eigenvalue weighted by Crippen LogP contribution is -2.46. The van der Waals surface area contributed by atoms with Crippen molar-refractivity contribution in [1.82, 2.24) is 15.2 Å². The van der Waals surface area contributed by atoms with E-state index in [2.05, 4.69) is 10.3 Å². The fourth-order valence-electron chi connectivity index (χ4n) is 2.43. The highest BCUT2D eigenvalue weighted by Crippen LogP contribution is 2.21. The Morgan fingerprint density at radius 2 is 2.33 bits per heavy atom. The summed E-state index contributed by atoms with van der Waals surface area (Å²) in [6, 6.07) is 1.60. The van der Waals surface area contributed by atoms with E-state index in [9.17, 15) is 9.59 Å². The summed E-state index contributed by atoms with van der Waals surface area (Å²) >= 11 is 6.00. The zero-order valence-electron chi connectivity index (χ0n) is 11.7. The Morgan fingerprint density at radius 3 is 3.05 bits per heavy atom. The lowest BCUT2D eigenvalue weighted by molar-refractivity contribution is -0.126. The number of nitrogens with one attached hydrogen (secondary N) is 1. The summed E-state index contributed by atoms with van der Waals surface area (Å²) in [6.07, 6.45) is 4.57. The van der Waals surface area contributed by atoms with Gasteiger partial charge in [0.2, 0.25) is 5.91 Å². The average molecular weight is 311 g/mol. The van der Waals surface area contributed by atoms with Gasteiger partial charge in [0.15, 0.2) is 0 Å². The molecule has 21 heavy (non-hydrogen) atoms. The fraction of sp³-hybridized carbons (Fsp3) is 0.500. The number of pyridine rings is 1. The predicted octanol–water partition coefficient (Wildman–Crippen LogP) is 0.662. The van der Waals surface area contributed by atoms with Crippen LogP contribution < -0.4 is 11.1 Å². The first-order valence-electron chi connectivity index (χ1n) is 7.00. The van der Waals surface area contributed by atoms with E-state index in [4.69, 9.17) is 17.3 Å². The quantitative estimate of drug-likeness (QED) is 0.855. The third-order valence-corrected chi connectivity index (χ3v) is 3.83. The molecule has 0 saturated carbocycles. The van der Waals surface area contributed by atoms with Gasteiger partial charge >= 0.3 is 0 Å². The Hall–Kier alpha value is -1.66. The number of carbonyl (C=O) groups is 2. The summed E-state index contributed by atoms with van der Waals surface area (Å²) in [5.41, 5.74) is 5.80. The SMILES string of the molecule is NCCNC(=O)C1CCCN(C(=O)c2ccncc2Cl)C1. The molecule has 0 aliphatic carbocycles. The molecule has 2 rings (SSSR count). The fourth-order valence-corrected chi connectivity index (χ4v) is 2.63. The summed E-state index contributed by atoms with van der Waals surface area (Å²) in [6.45, 7) is 1.92. The maximum Gasteiger partial charge on any atom is 0.255 e. The van der Waals surface area contributed by atoms with E-state index in [0.717, 1.165) is 12.8 Å². The van der Waals surface area contributed by atoms with Crippen LogP contribution in [0.1, 0.15) is 23.2 Å². The van der Waals surface area contributed by atoms with Crippen LogP contribution >= 0.6 is 11.6 Å². The molecule has 0 radical (unpaired) electrons. The number of carbonyl (C=O) groups excluding carboxylic acids is 2. The minimum atomic E-state index is -0.185. The lowest BCUT2D eigenvalue weighted by Gasteiger charge is -2.32. The Bertz CT molecular complexity index is 523. The Kier molecular flexibility index (Phi) is 5.52. The normalized spacial score (nSPS) is 18.4. The van der Waals surface area contributed by atoms with Crippen molar-refractivity contribution in [3.8, 4) is 0 Å².